The van der Waals surface area contributed by atoms with Gasteiger partial charge in [-0.3, -0.25) is 4.57 Å². The highest BCUT2D eigenvalue weighted by atomic mass is 15.4. The third-order valence-electron chi connectivity index (χ3n) is 13.2. The third-order valence-corrected chi connectivity index (χ3v) is 13.2. The van der Waals surface area contributed by atoms with Crippen LogP contribution in [-0.4, -0.2) is 16.2 Å². The molecule has 0 saturated carbocycles. The van der Waals surface area contributed by atoms with Gasteiger partial charge in [0.2, 0.25) is 0 Å². The van der Waals surface area contributed by atoms with Gasteiger partial charge in [-0.05, 0) is 122 Å². The van der Waals surface area contributed by atoms with E-state index >= 15 is 0 Å². The predicted molar refractivity (Wildman–Crippen MR) is 265 cm³/mol. The number of anilines is 4. The van der Waals surface area contributed by atoms with Crippen molar-refractivity contribution in [2.45, 2.75) is 104 Å². The largest absolute Gasteiger partial charge is 0.321 e. The fourth-order valence-corrected chi connectivity index (χ4v) is 9.21. The summed E-state index contributed by atoms with van der Waals surface area (Å²) in [4.78, 5) is 10.1. The van der Waals surface area contributed by atoms with Crippen molar-refractivity contribution in [3.63, 3.8) is 0 Å². The zero-order chi connectivity index (χ0) is 43.8. The lowest BCUT2D eigenvalue weighted by Gasteiger charge is -2.30. The molecule has 0 fully saturated rings. The van der Waals surface area contributed by atoms with E-state index < -0.39 is 0 Å². The molecular formula is C58H62N4. The predicted octanol–water partition coefficient (Wildman–Crippen LogP) is 15.2. The molecule has 4 heteroatoms. The summed E-state index contributed by atoms with van der Waals surface area (Å²) in [6.07, 6.45) is 2.78. The van der Waals surface area contributed by atoms with E-state index in [4.69, 9.17) is 4.98 Å². The number of rotatable bonds is 7. The zero-order valence-corrected chi connectivity index (χ0v) is 38.6. The maximum absolute atomic E-state index is 5.03. The summed E-state index contributed by atoms with van der Waals surface area (Å²) in [5.41, 5.74) is 16.3. The van der Waals surface area contributed by atoms with Crippen molar-refractivity contribution in [1.82, 2.24) is 9.55 Å². The van der Waals surface area contributed by atoms with Crippen LogP contribution in [0.1, 0.15) is 115 Å². The topological polar surface area (TPSA) is 24.3 Å². The van der Waals surface area contributed by atoms with Gasteiger partial charge in [0, 0.05) is 33.8 Å². The molecule has 0 unspecified atom stereocenters. The summed E-state index contributed by atoms with van der Waals surface area (Å²) < 4.78 is 2.37. The number of pyridine rings is 1. The molecule has 0 bridgehead atoms. The number of hydrogen-bond acceptors (Lipinski definition) is 3. The van der Waals surface area contributed by atoms with Crippen molar-refractivity contribution in [1.29, 1.82) is 0 Å². The monoisotopic (exact) mass is 814 g/mol. The van der Waals surface area contributed by atoms with Gasteiger partial charge in [0.05, 0.1) is 22.4 Å². The number of para-hydroxylation sites is 3. The van der Waals surface area contributed by atoms with Crippen molar-refractivity contribution in [2.24, 2.45) is 0 Å². The van der Waals surface area contributed by atoms with Crippen molar-refractivity contribution >= 4 is 44.6 Å². The second-order valence-corrected chi connectivity index (χ2v) is 21.2. The number of hydrogen-bond donors (Lipinski definition) is 0. The fourth-order valence-electron chi connectivity index (χ4n) is 9.21. The molecule has 8 aromatic rings. The van der Waals surface area contributed by atoms with Crippen LogP contribution < -0.4 is 9.80 Å². The standard InChI is InChI=1S/C58H62N4/c1-55(2,3)43-30-40(31-46(34-43)60-38-61(52-24-18-17-23-51(52)60)47-35-44(56(4,5)6)33-45(36-47)57(7,8)9)29-39-25-26-49-48-21-15-16-22-50(48)62(53(49)32-39)54-37-42(27-28-59-54)58(10,11)41-19-13-12-14-20-41/h12-28,30-37H,29,38H2,1-11H3. The fraction of sp³-hybridized carbons (Fsp3) is 0.293. The summed E-state index contributed by atoms with van der Waals surface area (Å²) in [5, 5.41) is 2.47. The summed E-state index contributed by atoms with van der Waals surface area (Å²) in [6.45, 7) is 26.3. The number of fused-ring (bicyclic) bond motifs is 4. The van der Waals surface area contributed by atoms with Gasteiger partial charge >= 0.3 is 0 Å². The molecule has 6 aromatic carbocycles. The van der Waals surface area contributed by atoms with Crippen LogP contribution in [0.4, 0.5) is 22.7 Å². The van der Waals surface area contributed by atoms with Gasteiger partial charge in [-0.25, -0.2) is 4.98 Å². The molecule has 0 amide bonds. The first-order valence-corrected chi connectivity index (χ1v) is 22.4. The van der Waals surface area contributed by atoms with E-state index in [1.54, 1.807) is 0 Å². The van der Waals surface area contributed by atoms with E-state index in [1.807, 2.05) is 6.20 Å². The quantitative estimate of drug-likeness (QED) is 0.160. The lowest BCUT2D eigenvalue weighted by molar-refractivity contribution is 0.568. The molecule has 0 spiro atoms. The van der Waals surface area contributed by atoms with Crippen molar-refractivity contribution in [2.75, 3.05) is 16.5 Å². The second-order valence-electron chi connectivity index (χ2n) is 21.2. The first-order chi connectivity index (χ1) is 29.4. The van der Waals surface area contributed by atoms with Crippen LogP contribution in [0.15, 0.2) is 152 Å². The Labute approximate surface area is 369 Å². The third kappa shape index (κ3) is 7.59. The summed E-state index contributed by atoms with van der Waals surface area (Å²) in [7, 11) is 0. The van der Waals surface area contributed by atoms with Crippen molar-refractivity contribution in [3.05, 3.63) is 191 Å². The summed E-state index contributed by atoms with van der Waals surface area (Å²) >= 11 is 0. The summed E-state index contributed by atoms with van der Waals surface area (Å²) in [6, 6.07) is 54.5. The smallest absolute Gasteiger partial charge is 0.137 e. The van der Waals surface area contributed by atoms with E-state index in [1.165, 1.54) is 83.5 Å². The van der Waals surface area contributed by atoms with E-state index in [-0.39, 0.29) is 21.7 Å². The summed E-state index contributed by atoms with van der Waals surface area (Å²) in [5.74, 6) is 0.937. The van der Waals surface area contributed by atoms with Gasteiger partial charge in [-0.1, -0.05) is 161 Å². The van der Waals surface area contributed by atoms with E-state index in [0.717, 1.165) is 18.9 Å². The van der Waals surface area contributed by atoms with Crippen LogP contribution in [0.2, 0.25) is 0 Å². The molecule has 9 rings (SSSR count). The molecule has 3 heterocycles. The molecule has 0 atom stereocenters. The molecule has 62 heavy (non-hydrogen) atoms. The lowest BCUT2D eigenvalue weighted by atomic mass is 9.78. The molecule has 1 aliphatic heterocycles. The van der Waals surface area contributed by atoms with Crippen molar-refractivity contribution in [3.8, 4) is 5.82 Å². The Hall–Kier alpha value is -6.13. The molecule has 4 nitrogen and oxygen atoms in total. The number of benzene rings is 6. The molecule has 0 radical (unpaired) electrons. The average Bonchev–Trinajstić information content (AvgIpc) is 3.79. The van der Waals surface area contributed by atoms with E-state index in [0.29, 0.717) is 0 Å². The number of aromatic nitrogens is 2. The Bertz CT molecular complexity index is 2910. The first kappa shape index (κ1) is 41.2. The Morgan fingerprint density at radius 3 is 1.61 bits per heavy atom. The molecule has 2 aromatic heterocycles. The van der Waals surface area contributed by atoms with Gasteiger partial charge in [0.1, 0.15) is 12.5 Å². The number of nitrogens with zero attached hydrogens (tertiary/aromatic N) is 4. The maximum atomic E-state index is 5.03. The second kappa shape index (κ2) is 15.0. The Balaban J connectivity index is 1.12. The van der Waals surface area contributed by atoms with Crippen LogP contribution in [-0.2, 0) is 28.1 Å². The highest BCUT2D eigenvalue weighted by Gasteiger charge is 2.31. The van der Waals surface area contributed by atoms with Gasteiger partial charge in [0.25, 0.3) is 0 Å². The molecule has 314 valence electrons. The minimum absolute atomic E-state index is 0.0299. The zero-order valence-electron chi connectivity index (χ0n) is 38.6. The average molecular weight is 815 g/mol. The van der Waals surface area contributed by atoms with Gasteiger partial charge in [-0.15, -0.1) is 0 Å². The van der Waals surface area contributed by atoms with Crippen LogP contribution in [0.3, 0.4) is 0 Å². The lowest BCUT2D eigenvalue weighted by Crippen LogP contribution is -2.26. The van der Waals surface area contributed by atoms with E-state index in [9.17, 15) is 0 Å². The molecular weight excluding hydrogens is 753 g/mol. The van der Waals surface area contributed by atoms with Gasteiger partial charge < -0.3 is 9.80 Å². The van der Waals surface area contributed by atoms with E-state index in [2.05, 4.69) is 236 Å². The van der Waals surface area contributed by atoms with Crippen LogP contribution in [0.25, 0.3) is 27.6 Å². The molecule has 1 aliphatic rings. The Morgan fingerprint density at radius 2 is 0.984 bits per heavy atom. The minimum atomic E-state index is -0.183. The van der Waals surface area contributed by atoms with Gasteiger partial charge in [0.15, 0.2) is 0 Å². The minimum Gasteiger partial charge on any atom is -0.321 e. The highest BCUT2D eigenvalue weighted by Crippen LogP contribution is 2.47. The molecule has 0 aliphatic carbocycles. The molecule has 0 N–H and O–H groups in total. The van der Waals surface area contributed by atoms with Crippen LogP contribution in [0.5, 0.6) is 0 Å². The van der Waals surface area contributed by atoms with Gasteiger partial charge in [-0.2, -0.15) is 0 Å². The highest BCUT2D eigenvalue weighted by molar-refractivity contribution is 6.09. The Morgan fingerprint density at radius 1 is 0.435 bits per heavy atom. The first-order valence-electron chi connectivity index (χ1n) is 22.4. The SMILES string of the molecule is CC(C)(C)c1cc(Cc2ccc3c4ccccc4n(-c4cc(C(C)(C)c5ccccc5)ccn4)c3c2)cc(N2CN(c3cc(C(C)(C)C)cc(C(C)(C)C)c3)c3ccccc32)c1. The molecule has 0 saturated heterocycles. The van der Waals surface area contributed by atoms with Crippen molar-refractivity contribution < 1.29 is 0 Å². The van der Waals surface area contributed by atoms with Crippen LogP contribution in [0, 0.1) is 0 Å². The normalized spacial score (nSPS) is 13.7. The Kier molecular flexibility index (Phi) is 10.0. The maximum Gasteiger partial charge on any atom is 0.137 e. The van der Waals surface area contributed by atoms with Crippen LogP contribution >= 0.6 is 0 Å².